The lowest BCUT2D eigenvalue weighted by atomic mass is 10.2. The van der Waals surface area contributed by atoms with Crippen molar-refractivity contribution in [2.24, 2.45) is 0 Å². The predicted octanol–water partition coefficient (Wildman–Crippen LogP) is 3.89. The van der Waals surface area contributed by atoms with Crippen LogP contribution in [0, 0.1) is 6.92 Å². The number of hydrogen-bond acceptors (Lipinski definition) is 3. The van der Waals surface area contributed by atoms with Crippen molar-refractivity contribution in [1.29, 1.82) is 0 Å². The summed E-state index contributed by atoms with van der Waals surface area (Å²) in [6.45, 7) is 1.83. The minimum atomic E-state index is -0.980. The van der Waals surface area contributed by atoms with Crippen molar-refractivity contribution in [3.05, 3.63) is 52.7 Å². The van der Waals surface area contributed by atoms with Crippen molar-refractivity contribution in [2.75, 3.05) is 0 Å². The van der Waals surface area contributed by atoms with Crippen LogP contribution in [-0.2, 0) is 0 Å². The highest BCUT2D eigenvalue weighted by Gasteiger charge is 2.13. The maximum absolute atomic E-state index is 11.1. The van der Waals surface area contributed by atoms with E-state index in [4.69, 9.17) is 16.7 Å². The van der Waals surface area contributed by atoms with Crippen LogP contribution in [0.25, 0.3) is 0 Å². The molecule has 0 aliphatic heterocycles. The molecule has 0 spiro atoms. The molecule has 1 heterocycles. The zero-order valence-electron chi connectivity index (χ0n) is 9.55. The zero-order chi connectivity index (χ0) is 13.1. The molecule has 5 heteroatoms. The summed E-state index contributed by atoms with van der Waals surface area (Å²) >= 11 is 7.19. The van der Waals surface area contributed by atoms with E-state index in [2.05, 4.69) is 4.98 Å². The fourth-order valence-corrected chi connectivity index (χ4v) is 2.68. The molecule has 92 valence electrons. The Bertz CT molecular complexity index is 601. The second-order valence-electron chi connectivity index (χ2n) is 3.67. The molecule has 1 N–H and O–H groups in total. The standard InChI is InChI=1S/C13H10ClNO2S/c1-8-5-6-11(13(16)17)12(15-8)18-10-4-2-3-9(14)7-10/h2-7H,1H3,(H,16,17). The Labute approximate surface area is 114 Å². The largest absolute Gasteiger partial charge is 0.478 e. The maximum atomic E-state index is 11.1. The van der Waals surface area contributed by atoms with Gasteiger partial charge in [-0.15, -0.1) is 0 Å². The molecule has 1 aromatic carbocycles. The van der Waals surface area contributed by atoms with E-state index < -0.39 is 5.97 Å². The minimum Gasteiger partial charge on any atom is -0.478 e. The number of halogens is 1. The van der Waals surface area contributed by atoms with Gasteiger partial charge in [-0.2, -0.15) is 0 Å². The van der Waals surface area contributed by atoms with Crippen LogP contribution in [0.2, 0.25) is 5.02 Å². The highest BCUT2D eigenvalue weighted by Crippen LogP contribution is 2.30. The number of carbonyl (C=O) groups is 1. The van der Waals surface area contributed by atoms with Crippen LogP contribution in [-0.4, -0.2) is 16.1 Å². The summed E-state index contributed by atoms with van der Waals surface area (Å²) in [6.07, 6.45) is 0. The molecule has 0 unspecified atom stereocenters. The number of aromatic carboxylic acids is 1. The fraction of sp³-hybridized carbons (Fsp3) is 0.0769. The van der Waals surface area contributed by atoms with Gasteiger partial charge in [0.2, 0.25) is 0 Å². The zero-order valence-corrected chi connectivity index (χ0v) is 11.1. The van der Waals surface area contributed by atoms with Crippen molar-refractivity contribution >= 4 is 29.3 Å². The van der Waals surface area contributed by atoms with Crippen LogP contribution in [0.3, 0.4) is 0 Å². The van der Waals surface area contributed by atoms with Gasteiger partial charge in [0.1, 0.15) is 5.03 Å². The van der Waals surface area contributed by atoms with Gasteiger partial charge in [0.25, 0.3) is 0 Å². The molecule has 2 rings (SSSR count). The Morgan fingerprint density at radius 2 is 2.11 bits per heavy atom. The molecular weight excluding hydrogens is 270 g/mol. The number of benzene rings is 1. The third-order valence-electron chi connectivity index (χ3n) is 2.24. The molecule has 0 atom stereocenters. The van der Waals surface area contributed by atoms with Crippen molar-refractivity contribution in [1.82, 2.24) is 4.98 Å². The van der Waals surface area contributed by atoms with E-state index in [1.807, 2.05) is 19.1 Å². The Hall–Kier alpha value is -1.52. The van der Waals surface area contributed by atoms with Gasteiger partial charge in [-0.25, -0.2) is 9.78 Å². The summed E-state index contributed by atoms with van der Waals surface area (Å²) in [5.74, 6) is -0.980. The molecular formula is C13H10ClNO2S. The van der Waals surface area contributed by atoms with Crippen molar-refractivity contribution < 1.29 is 9.90 Å². The molecule has 18 heavy (non-hydrogen) atoms. The molecule has 0 radical (unpaired) electrons. The molecule has 0 amide bonds. The third-order valence-corrected chi connectivity index (χ3v) is 3.47. The fourth-order valence-electron chi connectivity index (χ4n) is 1.42. The molecule has 0 saturated heterocycles. The Kier molecular flexibility index (Phi) is 3.89. The first-order chi connectivity index (χ1) is 8.56. The lowest BCUT2D eigenvalue weighted by Gasteiger charge is -2.06. The first-order valence-corrected chi connectivity index (χ1v) is 6.40. The molecule has 0 fully saturated rings. The lowest BCUT2D eigenvalue weighted by molar-refractivity contribution is 0.0692. The van der Waals surface area contributed by atoms with E-state index in [9.17, 15) is 4.79 Å². The molecule has 2 aromatic rings. The highest BCUT2D eigenvalue weighted by molar-refractivity contribution is 7.99. The molecule has 3 nitrogen and oxygen atoms in total. The van der Waals surface area contributed by atoms with E-state index in [0.29, 0.717) is 10.0 Å². The molecule has 0 saturated carbocycles. The first-order valence-electron chi connectivity index (χ1n) is 5.20. The van der Waals surface area contributed by atoms with Gasteiger partial charge >= 0.3 is 5.97 Å². The van der Waals surface area contributed by atoms with Crippen LogP contribution in [0.5, 0.6) is 0 Å². The molecule has 0 aliphatic carbocycles. The number of pyridine rings is 1. The Morgan fingerprint density at radius 3 is 2.78 bits per heavy atom. The normalized spacial score (nSPS) is 10.3. The Morgan fingerprint density at radius 1 is 1.33 bits per heavy atom. The number of hydrogen-bond donors (Lipinski definition) is 1. The second-order valence-corrected chi connectivity index (χ2v) is 5.17. The summed E-state index contributed by atoms with van der Waals surface area (Å²) in [4.78, 5) is 16.2. The summed E-state index contributed by atoms with van der Waals surface area (Å²) in [5.41, 5.74) is 0.982. The molecule has 1 aromatic heterocycles. The topological polar surface area (TPSA) is 50.2 Å². The number of nitrogens with zero attached hydrogens (tertiary/aromatic N) is 1. The van der Waals surface area contributed by atoms with Gasteiger partial charge in [-0.05, 0) is 37.3 Å². The van der Waals surface area contributed by atoms with E-state index in [1.54, 1.807) is 24.3 Å². The van der Waals surface area contributed by atoms with Crippen LogP contribution in [0.4, 0.5) is 0 Å². The summed E-state index contributed by atoms with van der Waals surface area (Å²) in [7, 11) is 0. The van der Waals surface area contributed by atoms with Gasteiger partial charge < -0.3 is 5.11 Å². The van der Waals surface area contributed by atoms with Crippen LogP contribution in [0.1, 0.15) is 16.1 Å². The molecule has 0 aliphatic rings. The van der Waals surface area contributed by atoms with Gasteiger partial charge in [-0.3, -0.25) is 0 Å². The average Bonchev–Trinajstić information content (AvgIpc) is 2.28. The second kappa shape index (κ2) is 5.42. The smallest absolute Gasteiger partial charge is 0.338 e. The first kappa shape index (κ1) is 12.9. The summed E-state index contributed by atoms with van der Waals surface area (Å²) in [6, 6.07) is 10.5. The van der Waals surface area contributed by atoms with Gasteiger partial charge in [0.15, 0.2) is 0 Å². The number of aryl methyl sites for hydroxylation is 1. The number of carboxylic acids is 1. The number of carboxylic acid groups (broad SMARTS) is 1. The number of rotatable bonds is 3. The van der Waals surface area contributed by atoms with Crippen molar-refractivity contribution in [2.45, 2.75) is 16.8 Å². The Balaban J connectivity index is 2.39. The van der Waals surface area contributed by atoms with Crippen LogP contribution < -0.4 is 0 Å². The summed E-state index contributed by atoms with van der Waals surface area (Å²) in [5, 5.41) is 10.2. The predicted molar refractivity (Wildman–Crippen MR) is 71.5 cm³/mol. The van der Waals surface area contributed by atoms with E-state index in [0.717, 1.165) is 10.6 Å². The monoisotopic (exact) mass is 279 g/mol. The van der Waals surface area contributed by atoms with Crippen molar-refractivity contribution in [3.63, 3.8) is 0 Å². The lowest BCUT2D eigenvalue weighted by Crippen LogP contribution is -2.01. The van der Waals surface area contributed by atoms with Gasteiger partial charge in [0, 0.05) is 15.6 Å². The third kappa shape index (κ3) is 3.03. The van der Waals surface area contributed by atoms with Gasteiger partial charge in [-0.1, -0.05) is 29.4 Å². The highest BCUT2D eigenvalue weighted by atomic mass is 35.5. The molecule has 0 bridgehead atoms. The SMILES string of the molecule is Cc1ccc(C(=O)O)c(Sc2cccc(Cl)c2)n1. The van der Waals surface area contributed by atoms with Crippen LogP contribution in [0.15, 0.2) is 46.3 Å². The average molecular weight is 280 g/mol. The summed E-state index contributed by atoms with van der Waals surface area (Å²) < 4.78 is 0. The van der Waals surface area contributed by atoms with Gasteiger partial charge in [0.05, 0.1) is 5.56 Å². The van der Waals surface area contributed by atoms with Crippen LogP contribution >= 0.6 is 23.4 Å². The number of aromatic nitrogens is 1. The minimum absolute atomic E-state index is 0.200. The van der Waals surface area contributed by atoms with Crippen molar-refractivity contribution in [3.8, 4) is 0 Å². The van der Waals surface area contributed by atoms with E-state index in [-0.39, 0.29) is 5.56 Å². The quantitative estimate of drug-likeness (QED) is 0.926. The van der Waals surface area contributed by atoms with E-state index >= 15 is 0 Å². The van der Waals surface area contributed by atoms with E-state index in [1.165, 1.54) is 11.8 Å². The maximum Gasteiger partial charge on any atom is 0.338 e.